The first-order valence-corrected chi connectivity index (χ1v) is 6.33. The second-order valence-corrected chi connectivity index (χ2v) is 5.19. The standard InChI is InChI=1S/C15H20O4/c1-10-6-13(17-3)11(2)5-12(10)7-15(8-19-9-15)14(16)18-4/h5-6H,7-9H2,1-4H3. The van der Waals surface area contributed by atoms with E-state index >= 15 is 0 Å². The predicted molar refractivity (Wildman–Crippen MR) is 71.4 cm³/mol. The van der Waals surface area contributed by atoms with E-state index in [1.54, 1.807) is 7.11 Å². The largest absolute Gasteiger partial charge is 0.496 e. The molecule has 0 aromatic heterocycles. The molecule has 1 heterocycles. The fourth-order valence-electron chi connectivity index (χ4n) is 2.48. The smallest absolute Gasteiger partial charge is 0.316 e. The Balaban J connectivity index is 2.28. The van der Waals surface area contributed by atoms with Gasteiger partial charge in [-0.1, -0.05) is 6.07 Å². The molecule has 1 aliphatic rings. The number of rotatable bonds is 4. The summed E-state index contributed by atoms with van der Waals surface area (Å²) in [6.45, 7) is 4.90. The summed E-state index contributed by atoms with van der Waals surface area (Å²) in [6.07, 6.45) is 0.649. The van der Waals surface area contributed by atoms with E-state index in [1.807, 2.05) is 19.9 Å². The van der Waals surface area contributed by atoms with Crippen molar-refractivity contribution in [3.8, 4) is 5.75 Å². The third-order valence-corrected chi connectivity index (χ3v) is 3.76. The SMILES string of the molecule is COC(=O)C1(Cc2cc(C)c(OC)cc2C)COC1. The van der Waals surface area contributed by atoms with Gasteiger partial charge in [-0.15, -0.1) is 0 Å². The van der Waals surface area contributed by atoms with E-state index < -0.39 is 5.41 Å². The zero-order valence-electron chi connectivity index (χ0n) is 11.9. The highest BCUT2D eigenvalue weighted by Gasteiger charge is 2.47. The van der Waals surface area contributed by atoms with Crippen LogP contribution in [0.2, 0.25) is 0 Å². The van der Waals surface area contributed by atoms with Gasteiger partial charge >= 0.3 is 5.97 Å². The Morgan fingerprint density at radius 3 is 2.42 bits per heavy atom. The highest BCUT2D eigenvalue weighted by molar-refractivity contribution is 5.78. The molecular formula is C15H20O4. The van der Waals surface area contributed by atoms with E-state index in [-0.39, 0.29) is 5.97 Å². The Hall–Kier alpha value is -1.55. The Morgan fingerprint density at radius 1 is 1.26 bits per heavy atom. The summed E-state index contributed by atoms with van der Waals surface area (Å²) in [5.74, 6) is 0.685. The molecule has 4 nitrogen and oxygen atoms in total. The highest BCUT2D eigenvalue weighted by Crippen LogP contribution is 2.35. The molecule has 0 spiro atoms. The Morgan fingerprint density at radius 2 is 1.95 bits per heavy atom. The molecule has 104 valence electrons. The number of aryl methyl sites for hydroxylation is 2. The number of hydrogen-bond acceptors (Lipinski definition) is 4. The van der Waals surface area contributed by atoms with Gasteiger partial charge in [0.15, 0.2) is 0 Å². The summed E-state index contributed by atoms with van der Waals surface area (Å²) in [4.78, 5) is 11.9. The van der Waals surface area contributed by atoms with Crippen LogP contribution in [-0.2, 0) is 20.7 Å². The summed E-state index contributed by atoms with van der Waals surface area (Å²) in [6, 6.07) is 4.09. The number of carbonyl (C=O) groups excluding carboxylic acids is 1. The maximum Gasteiger partial charge on any atom is 0.316 e. The number of hydrogen-bond donors (Lipinski definition) is 0. The lowest BCUT2D eigenvalue weighted by atomic mass is 9.78. The summed E-state index contributed by atoms with van der Waals surface area (Å²) >= 11 is 0. The van der Waals surface area contributed by atoms with Crippen LogP contribution in [-0.4, -0.2) is 33.4 Å². The molecule has 4 heteroatoms. The van der Waals surface area contributed by atoms with Crippen molar-refractivity contribution in [3.63, 3.8) is 0 Å². The lowest BCUT2D eigenvalue weighted by molar-refractivity contribution is -0.182. The lowest BCUT2D eigenvalue weighted by Crippen LogP contribution is -2.51. The van der Waals surface area contributed by atoms with Crippen LogP contribution in [0.1, 0.15) is 16.7 Å². The Bertz CT molecular complexity index is 489. The molecule has 0 atom stereocenters. The third kappa shape index (κ3) is 2.45. The molecule has 0 unspecified atom stereocenters. The minimum atomic E-state index is -0.513. The highest BCUT2D eigenvalue weighted by atomic mass is 16.5. The molecule has 0 amide bonds. The van der Waals surface area contributed by atoms with Crippen molar-refractivity contribution in [2.24, 2.45) is 5.41 Å². The van der Waals surface area contributed by atoms with Crippen LogP contribution in [0.3, 0.4) is 0 Å². The third-order valence-electron chi connectivity index (χ3n) is 3.76. The van der Waals surface area contributed by atoms with Crippen molar-refractivity contribution in [2.45, 2.75) is 20.3 Å². The van der Waals surface area contributed by atoms with Crippen molar-refractivity contribution in [3.05, 3.63) is 28.8 Å². The fourth-order valence-corrected chi connectivity index (χ4v) is 2.48. The molecule has 0 N–H and O–H groups in total. The molecule has 0 radical (unpaired) electrons. The molecule has 1 aliphatic heterocycles. The van der Waals surface area contributed by atoms with Gasteiger partial charge in [-0.25, -0.2) is 0 Å². The first kappa shape index (κ1) is 13.9. The van der Waals surface area contributed by atoms with Gasteiger partial charge in [-0.05, 0) is 43.0 Å². The second kappa shape index (κ2) is 5.21. The average molecular weight is 264 g/mol. The number of methoxy groups -OCH3 is 2. The van der Waals surface area contributed by atoms with E-state index in [4.69, 9.17) is 14.2 Å². The van der Waals surface area contributed by atoms with Crippen LogP contribution in [0, 0.1) is 19.3 Å². The van der Waals surface area contributed by atoms with E-state index in [2.05, 4.69) is 6.07 Å². The molecule has 0 aliphatic carbocycles. The fraction of sp³-hybridized carbons (Fsp3) is 0.533. The van der Waals surface area contributed by atoms with E-state index in [1.165, 1.54) is 7.11 Å². The van der Waals surface area contributed by atoms with Gasteiger partial charge in [0.1, 0.15) is 11.2 Å². The van der Waals surface area contributed by atoms with E-state index in [9.17, 15) is 4.79 Å². The van der Waals surface area contributed by atoms with Crippen molar-refractivity contribution in [2.75, 3.05) is 27.4 Å². The van der Waals surface area contributed by atoms with Crippen LogP contribution < -0.4 is 4.74 Å². The number of esters is 1. The van der Waals surface area contributed by atoms with Crippen LogP contribution in [0.25, 0.3) is 0 Å². The Kier molecular flexibility index (Phi) is 3.80. The molecule has 1 aromatic carbocycles. The van der Waals surface area contributed by atoms with Gasteiger partial charge < -0.3 is 14.2 Å². The lowest BCUT2D eigenvalue weighted by Gasteiger charge is -2.39. The molecule has 1 fully saturated rings. The first-order valence-electron chi connectivity index (χ1n) is 6.33. The normalized spacial score (nSPS) is 16.6. The summed E-state index contributed by atoms with van der Waals surface area (Å²) in [5, 5.41) is 0. The van der Waals surface area contributed by atoms with Gasteiger partial charge in [0.25, 0.3) is 0 Å². The van der Waals surface area contributed by atoms with Crippen molar-refractivity contribution < 1.29 is 19.0 Å². The zero-order valence-corrected chi connectivity index (χ0v) is 11.9. The van der Waals surface area contributed by atoms with Crippen LogP contribution in [0.4, 0.5) is 0 Å². The van der Waals surface area contributed by atoms with Crippen LogP contribution in [0.15, 0.2) is 12.1 Å². The number of benzene rings is 1. The van der Waals surface area contributed by atoms with Crippen molar-refractivity contribution >= 4 is 5.97 Å². The summed E-state index contributed by atoms with van der Waals surface area (Å²) < 4.78 is 15.4. The minimum absolute atomic E-state index is 0.188. The molecule has 0 saturated carbocycles. The molecule has 19 heavy (non-hydrogen) atoms. The van der Waals surface area contributed by atoms with Crippen LogP contribution in [0.5, 0.6) is 5.75 Å². The average Bonchev–Trinajstić information content (AvgIpc) is 2.36. The molecule has 1 aromatic rings. The monoisotopic (exact) mass is 264 g/mol. The molecular weight excluding hydrogens is 244 g/mol. The van der Waals surface area contributed by atoms with Gasteiger partial charge in [-0.2, -0.15) is 0 Å². The van der Waals surface area contributed by atoms with E-state index in [0.29, 0.717) is 19.6 Å². The molecule has 2 rings (SSSR count). The Labute approximate surface area is 113 Å². The number of carbonyl (C=O) groups is 1. The summed E-state index contributed by atoms with van der Waals surface area (Å²) in [5.41, 5.74) is 2.83. The second-order valence-electron chi connectivity index (χ2n) is 5.19. The van der Waals surface area contributed by atoms with Gasteiger partial charge in [0, 0.05) is 0 Å². The molecule has 0 bridgehead atoms. The summed E-state index contributed by atoms with van der Waals surface area (Å²) in [7, 11) is 3.09. The van der Waals surface area contributed by atoms with Crippen LogP contribution >= 0.6 is 0 Å². The number of ether oxygens (including phenoxy) is 3. The quantitative estimate of drug-likeness (QED) is 0.781. The van der Waals surface area contributed by atoms with Crippen molar-refractivity contribution in [1.29, 1.82) is 0 Å². The van der Waals surface area contributed by atoms with Gasteiger partial charge in [0.2, 0.25) is 0 Å². The predicted octanol–water partition coefficient (Wildman–Crippen LogP) is 2.04. The maximum absolute atomic E-state index is 11.9. The molecule has 1 saturated heterocycles. The van der Waals surface area contributed by atoms with Gasteiger partial charge in [0.05, 0.1) is 27.4 Å². The minimum Gasteiger partial charge on any atom is -0.496 e. The van der Waals surface area contributed by atoms with Crippen molar-refractivity contribution in [1.82, 2.24) is 0 Å². The topological polar surface area (TPSA) is 44.8 Å². The zero-order chi connectivity index (χ0) is 14.0. The van der Waals surface area contributed by atoms with E-state index in [0.717, 1.165) is 22.4 Å². The maximum atomic E-state index is 11.9. The van der Waals surface area contributed by atoms with Gasteiger partial charge in [-0.3, -0.25) is 4.79 Å². The first-order chi connectivity index (χ1) is 9.02.